The van der Waals surface area contributed by atoms with Crippen molar-refractivity contribution in [2.45, 2.75) is 19.4 Å². The summed E-state index contributed by atoms with van der Waals surface area (Å²) in [4.78, 5) is 16.7. The molecule has 0 spiro atoms. The third kappa shape index (κ3) is 3.82. The molecule has 0 bridgehead atoms. The van der Waals surface area contributed by atoms with E-state index in [1.54, 1.807) is 24.0 Å². The normalized spacial score (nSPS) is 15.8. The van der Waals surface area contributed by atoms with Gasteiger partial charge >= 0.3 is 0 Å². The summed E-state index contributed by atoms with van der Waals surface area (Å²) in [6.45, 7) is 2.73. The molecule has 0 radical (unpaired) electrons. The second-order valence-electron chi connectivity index (χ2n) is 8.02. The Morgan fingerprint density at radius 3 is 2.82 bits per heavy atom. The predicted molar refractivity (Wildman–Crippen MR) is 119 cm³/mol. The molecule has 1 amide bonds. The lowest BCUT2D eigenvalue weighted by Gasteiger charge is -2.15. The number of imidazole rings is 1. The second kappa shape index (κ2) is 8.28. The standard InChI is InChI=1S/C23H23FN6O3/c1-13-6-14(22(31)25-2)7-18(21(13)24)19-10-26-20-8-17(15-9-27-29(3)11-15)23(28-30(19)20)33-16-4-5-32-12-16/h6-11,16H,4-5,12H2,1-3H3,(H,25,31). The Balaban J connectivity index is 1.68. The van der Waals surface area contributed by atoms with Crippen LogP contribution in [0.1, 0.15) is 22.3 Å². The van der Waals surface area contributed by atoms with E-state index in [9.17, 15) is 4.79 Å². The predicted octanol–water partition coefficient (Wildman–Crippen LogP) is 2.77. The van der Waals surface area contributed by atoms with Crippen molar-refractivity contribution in [2.24, 2.45) is 7.05 Å². The number of aryl methyl sites for hydroxylation is 2. The monoisotopic (exact) mass is 450 g/mol. The van der Waals surface area contributed by atoms with E-state index >= 15 is 4.39 Å². The molecule has 9 nitrogen and oxygen atoms in total. The van der Waals surface area contributed by atoms with Gasteiger partial charge in [-0.25, -0.2) is 13.9 Å². The molecule has 4 aromatic rings. The van der Waals surface area contributed by atoms with Crippen molar-refractivity contribution in [3.05, 3.63) is 53.7 Å². The van der Waals surface area contributed by atoms with Crippen LogP contribution in [0.5, 0.6) is 5.88 Å². The molecule has 5 rings (SSSR count). The summed E-state index contributed by atoms with van der Waals surface area (Å²) >= 11 is 0. The highest BCUT2D eigenvalue weighted by atomic mass is 19.1. The molecule has 1 aliphatic rings. The molecule has 1 saturated heterocycles. The van der Waals surface area contributed by atoms with E-state index in [2.05, 4.69) is 15.4 Å². The van der Waals surface area contributed by atoms with Gasteiger partial charge in [-0.05, 0) is 30.7 Å². The number of aromatic nitrogens is 5. The molecule has 3 aromatic heterocycles. The van der Waals surface area contributed by atoms with E-state index < -0.39 is 5.82 Å². The zero-order valence-electron chi connectivity index (χ0n) is 18.5. The van der Waals surface area contributed by atoms with Crippen LogP contribution in [0, 0.1) is 12.7 Å². The number of carbonyl (C=O) groups is 1. The van der Waals surface area contributed by atoms with Crippen molar-refractivity contribution in [2.75, 3.05) is 20.3 Å². The number of nitrogens with zero attached hydrogens (tertiary/aromatic N) is 5. The lowest BCUT2D eigenvalue weighted by atomic mass is 10.0. The molecule has 170 valence electrons. The third-order valence-corrected chi connectivity index (χ3v) is 5.66. The highest BCUT2D eigenvalue weighted by Gasteiger charge is 2.23. The highest BCUT2D eigenvalue weighted by molar-refractivity contribution is 5.95. The molecule has 0 saturated carbocycles. The number of hydrogen-bond donors (Lipinski definition) is 1. The molecule has 33 heavy (non-hydrogen) atoms. The first kappa shape index (κ1) is 21.1. The van der Waals surface area contributed by atoms with E-state index in [4.69, 9.17) is 14.6 Å². The SMILES string of the molecule is CNC(=O)c1cc(C)c(F)c(-c2cnc3cc(-c4cnn(C)c4)c(OC4CCOC4)nn23)c1. The number of fused-ring (bicyclic) bond motifs is 1. The van der Waals surface area contributed by atoms with Gasteiger partial charge < -0.3 is 14.8 Å². The maximum Gasteiger partial charge on any atom is 0.251 e. The summed E-state index contributed by atoms with van der Waals surface area (Å²) < 4.78 is 30.0. The van der Waals surface area contributed by atoms with E-state index in [0.717, 1.165) is 17.5 Å². The lowest BCUT2D eigenvalue weighted by molar-refractivity contribution is 0.0963. The Labute approximate surface area is 189 Å². The minimum Gasteiger partial charge on any atom is -0.470 e. The maximum absolute atomic E-state index is 15.2. The van der Waals surface area contributed by atoms with Crippen molar-refractivity contribution in [3.63, 3.8) is 0 Å². The molecule has 1 aliphatic heterocycles. The first-order chi connectivity index (χ1) is 15.9. The van der Waals surface area contributed by atoms with Crippen LogP contribution in [0.15, 0.2) is 36.8 Å². The first-order valence-corrected chi connectivity index (χ1v) is 10.6. The zero-order chi connectivity index (χ0) is 23.1. The molecule has 1 atom stereocenters. The molecule has 1 N–H and O–H groups in total. The van der Waals surface area contributed by atoms with Gasteiger partial charge in [0.05, 0.1) is 36.9 Å². The molecular weight excluding hydrogens is 427 g/mol. The number of nitrogens with one attached hydrogen (secondary N) is 1. The first-order valence-electron chi connectivity index (χ1n) is 10.6. The van der Waals surface area contributed by atoms with Crippen LogP contribution in [0.3, 0.4) is 0 Å². The van der Waals surface area contributed by atoms with Crippen LogP contribution < -0.4 is 10.1 Å². The molecule has 1 unspecified atom stereocenters. The summed E-state index contributed by atoms with van der Waals surface area (Å²) in [5, 5.41) is 11.5. The smallest absolute Gasteiger partial charge is 0.251 e. The Kier molecular flexibility index (Phi) is 5.29. The van der Waals surface area contributed by atoms with Crippen molar-refractivity contribution < 1.29 is 18.7 Å². The third-order valence-electron chi connectivity index (χ3n) is 5.66. The number of benzene rings is 1. The van der Waals surface area contributed by atoms with Gasteiger partial charge in [0.15, 0.2) is 5.65 Å². The Morgan fingerprint density at radius 1 is 1.27 bits per heavy atom. The second-order valence-corrected chi connectivity index (χ2v) is 8.02. The average molecular weight is 450 g/mol. The fourth-order valence-corrected chi connectivity index (χ4v) is 3.93. The Bertz CT molecular complexity index is 1360. The summed E-state index contributed by atoms with van der Waals surface area (Å²) in [5.41, 5.74) is 3.44. The number of halogens is 1. The van der Waals surface area contributed by atoms with Gasteiger partial charge in [-0.15, -0.1) is 5.10 Å². The average Bonchev–Trinajstić information content (AvgIpc) is 3.56. The van der Waals surface area contributed by atoms with Crippen molar-refractivity contribution in [1.82, 2.24) is 29.7 Å². The van der Waals surface area contributed by atoms with Crippen LogP contribution in [0.25, 0.3) is 28.0 Å². The molecule has 0 aliphatic carbocycles. The summed E-state index contributed by atoms with van der Waals surface area (Å²) in [6, 6.07) is 4.86. The fraction of sp³-hybridized carbons (Fsp3) is 0.304. The van der Waals surface area contributed by atoms with Gasteiger partial charge in [0.1, 0.15) is 11.9 Å². The fourth-order valence-electron chi connectivity index (χ4n) is 3.93. The number of rotatable bonds is 5. The van der Waals surface area contributed by atoms with Gasteiger partial charge in [-0.3, -0.25) is 9.48 Å². The molecule has 4 heterocycles. The largest absolute Gasteiger partial charge is 0.470 e. The van der Waals surface area contributed by atoms with Gasteiger partial charge in [-0.1, -0.05) is 0 Å². The van der Waals surface area contributed by atoms with E-state index in [-0.39, 0.29) is 17.6 Å². The van der Waals surface area contributed by atoms with Crippen LogP contribution in [-0.4, -0.2) is 56.7 Å². The lowest BCUT2D eigenvalue weighted by Crippen LogP contribution is -2.18. The number of amides is 1. The topological polar surface area (TPSA) is 95.6 Å². The minimum atomic E-state index is -0.436. The van der Waals surface area contributed by atoms with E-state index in [1.807, 2.05) is 19.3 Å². The molecule has 1 fully saturated rings. The van der Waals surface area contributed by atoms with Crippen LogP contribution in [0.4, 0.5) is 4.39 Å². The summed E-state index contributed by atoms with van der Waals surface area (Å²) in [6.07, 6.45) is 5.76. The van der Waals surface area contributed by atoms with Crippen molar-refractivity contribution >= 4 is 11.6 Å². The zero-order valence-corrected chi connectivity index (χ0v) is 18.5. The Morgan fingerprint density at radius 2 is 2.12 bits per heavy atom. The van der Waals surface area contributed by atoms with Crippen LogP contribution in [0.2, 0.25) is 0 Å². The van der Waals surface area contributed by atoms with Gasteiger partial charge in [0.25, 0.3) is 5.91 Å². The maximum atomic E-state index is 15.2. The number of carbonyl (C=O) groups excluding carboxylic acids is 1. The van der Waals surface area contributed by atoms with Crippen LogP contribution >= 0.6 is 0 Å². The molecule has 1 aromatic carbocycles. The number of ether oxygens (including phenoxy) is 2. The quantitative estimate of drug-likeness (QED) is 0.502. The van der Waals surface area contributed by atoms with Gasteiger partial charge in [-0.2, -0.15) is 5.10 Å². The van der Waals surface area contributed by atoms with Crippen molar-refractivity contribution in [1.29, 1.82) is 0 Å². The highest BCUT2D eigenvalue weighted by Crippen LogP contribution is 2.33. The summed E-state index contributed by atoms with van der Waals surface area (Å²) in [7, 11) is 3.37. The number of hydrogen-bond acceptors (Lipinski definition) is 6. The van der Waals surface area contributed by atoms with E-state index in [1.165, 1.54) is 23.7 Å². The van der Waals surface area contributed by atoms with E-state index in [0.29, 0.717) is 41.6 Å². The van der Waals surface area contributed by atoms with Gasteiger partial charge in [0, 0.05) is 43.4 Å². The Hall–Kier alpha value is -3.79. The minimum absolute atomic E-state index is 0.132. The summed E-state index contributed by atoms with van der Waals surface area (Å²) in [5.74, 6) is -0.357. The molecule has 10 heteroatoms. The van der Waals surface area contributed by atoms with Gasteiger partial charge in [0.2, 0.25) is 5.88 Å². The van der Waals surface area contributed by atoms with Crippen molar-refractivity contribution in [3.8, 4) is 28.3 Å². The molecular formula is C23H23FN6O3. The van der Waals surface area contributed by atoms with Crippen LogP contribution in [-0.2, 0) is 11.8 Å².